The number of carbonyl (C=O) groups excluding carboxylic acids is 1. The molecule has 2 rings (SSSR count). The molecule has 0 aromatic rings. The lowest BCUT2D eigenvalue weighted by atomic mass is 9.76. The molecule has 1 amide bonds. The van der Waals surface area contributed by atoms with E-state index in [1.54, 1.807) is 6.92 Å². The molecule has 1 heterocycles. The quantitative estimate of drug-likeness (QED) is 0.792. The Bertz CT molecular complexity index is 398. The predicted molar refractivity (Wildman–Crippen MR) is 71.5 cm³/mol. The highest BCUT2D eigenvalue weighted by atomic mass is 16.4. The minimum atomic E-state index is -1.08. The Morgan fingerprint density at radius 2 is 2.00 bits per heavy atom. The van der Waals surface area contributed by atoms with Crippen LogP contribution in [0.15, 0.2) is 0 Å². The second kappa shape index (κ2) is 4.78. The van der Waals surface area contributed by atoms with Crippen LogP contribution in [0.5, 0.6) is 0 Å². The van der Waals surface area contributed by atoms with E-state index in [1.165, 1.54) is 4.90 Å². The minimum absolute atomic E-state index is 0.165. The topological polar surface area (TPSA) is 83.6 Å². The lowest BCUT2D eigenvalue weighted by Crippen LogP contribution is -2.62. The van der Waals surface area contributed by atoms with Crippen LogP contribution in [-0.2, 0) is 9.59 Å². The number of aliphatic carboxylic acids is 1. The van der Waals surface area contributed by atoms with Crippen molar-refractivity contribution in [2.24, 2.45) is 11.7 Å². The summed E-state index contributed by atoms with van der Waals surface area (Å²) in [6.45, 7) is 4.25. The number of carboxylic acid groups (broad SMARTS) is 1. The van der Waals surface area contributed by atoms with Crippen molar-refractivity contribution in [2.45, 2.75) is 63.5 Å². The smallest absolute Gasteiger partial charge is 0.329 e. The second-order valence-corrected chi connectivity index (χ2v) is 6.50. The molecule has 5 nitrogen and oxygen atoms in total. The summed E-state index contributed by atoms with van der Waals surface area (Å²) in [5.74, 6) is -0.659. The van der Waals surface area contributed by atoms with Gasteiger partial charge in [-0.1, -0.05) is 19.8 Å². The van der Waals surface area contributed by atoms with Crippen LogP contribution >= 0.6 is 0 Å². The van der Waals surface area contributed by atoms with E-state index in [2.05, 4.69) is 6.92 Å². The van der Waals surface area contributed by atoms with Crippen molar-refractivity contribution in [3.05, 3.63) is 0 Å². The molecule has 0 bridgehead atoms. The highest BCUT2D eigenvalue weighted by molar-refractivity contribution is 5.92. The van der Waals surface area contributed by atoms with Gasteiger partial charge in [0, 0.05) is 6.54 Å². The van der Waals surface area contributed by atoms with Gasteiger partial charge in [0.15, 0.2) is 0 Å². The maximum Gasteiger partial charge on any atom is 0.329 e. The van der Waals surface area contributed by atoms with Gasteiger partial charge in [-0.05, 0) is 38.5 Å². The van der Waals surface area contributed by atoms with Crippen LogP contribution in [0, 0.1) is 5.92 Å². The molecule has 108 valence electrons. The zero-order valence-electron chi connectivity index (χ0n) is 11.8. The predicted octanol–water partition coefficient (Wildman–Crippen LogP) is 1.36. The zero-order valence-corrected chi connectivity index (χ0v) is 11.8. The van der Waals surface area contributed by atoms with E-state index in [1.807, 2.05) is 0 Å². The first-order valence-electron chi connectivity index (χ1n) is 7.14. The highest BCUT2D eigenvalue weighted by Crippen LogP contribution is 2.36. The van der Waals surface area contributed by atoms with Crippen molar-refractivity contribution in [3.8, 4) is 0 Å². The highest BCUT2D eigenvalue weighted by Gasteiger charge is 2.51. The molecule has 1 saturated carbocycles. The lowest BCUT2D eigenvalue weighted by molar-refractivity contribution is -0.158. The van der Waals surface area contributed by atoms with E-state index in [0.29, 0.717) is 31.7 Å². The normalized spacial score (nSPS) is 39.3. The number of amides is 1. The summed E-state index contributed by atoms with van der Waals surface area (Å²) < 4.78 is 0. The van der Waals surface area contributed by atoms with Crippen LogP contribution in [0.4, 0.5) is 0 Å². The number of hydrogen-bond donors (Lipinski definition) is 2. The Morgan fingerprint density at radius 1 is 1.32 bits per heavy atom. The van der Waals surface area contributed by atoms with Crippen LogP contribution in [0.1, 0.15) is 52.4 Å². The van der Waals surface area contributed by atoms with Crippen LogP contribution in [0.25, 0.3) is 0 Å². The van der Waals surface area contributed by atoms with Crippen molar-refractivity contribution in [2.75, 3.05) is 6.54 Å². The number of nitrogens with zero attached hydrogens (tertiary/aromatic N) is 1. The fourth-order valence-corrected chi connectivity index (χ4v) is 3.57. The van der Waals surface area contributed by atoms with Crippen LogP contribution in [0.2, 0.25) is 0 Å². The molecule has 0 aromatic heterocycles. The van der Waals surface area contributed by atoms with E-state index in [0.717, 1.165) is 19.3 Å². The second-order valence-electron chi connectivity index (χ2n) is 6.50. The van der Waals surface area contributed by atoms with Gasteiger partial charge in [-0.25, -0.2) is 4.79 Å². The Morgan fingerprint density at radius 3 is 2.58 bits per heavy atom. The summed E-state index contributed by atoms with van der Waals surface area (Å²) in [4.78, 5) is 25.7. The summed E-state index contributed by atoms with van der Waals surface area (Å²) in [5.41, 5.74) is 4.37. The molecule has 1 aliphatic carbocycles. The first kappa shape index (κ1) is 14.3. The molecule has 3 unspecified atom stereocenters. The molecule has 2 fully saturated rings. The largest absolute Gasteiger partial charge is 0.480 e. The number of carboxylic acids is 1. The molecular weight excluding hydrogens is 244 g/mol. The van der Waals surface area contributed by atoms with Gasteiger partial charge in [0.2, 0.25) is 5.91 Å². The van der Waals surface area contributed by atoms with Gasteiger partial charge in [-0.15, -0.1) is 0 Å². The Balaban J connectivity index is 2.21. The van der Waals surface area contributed by atoms with Crippen LogP contribution in [-0.4, -0.2) is 39.5 Å². The van der Waals surface area contributed by atoms with Gasteiger partial charge in [-0.2, -0.15) is 0 Å². The standard InChI is InChI=1S/C14H24N2O3/c1-10-5-3-7-14(15,9-10)11(17)16-8-4-6-13(16,2)12(18)19/h10H,3-9,15H2,1-2H3,(H,18,19). The Labute approximate surface area is 114 Å². The molecule has 1 aliphatic heterocycles. The molecule has 5 heteroatoms. The fraction of sp³-hybridized carbons (Fsp3) is 0.857. The Hall–Kier alpha value is -1.10. The molecule has 0 spiro atoms. The van der Waals surface area contributed by atoms with Gasteiger partial charge in [0.1, 0.15) is 5.54 Å². The first-order valence-corrected chi connectivity index (χ1v) is 7.14. The molecule has 3 N–H and O–H groups in total. The van der Waals surface area contributed by atoms with Gasteiger partial charge in [0.05, 0.1) is 5.54 Å². The molecule has 19 heavy (non-hydrogen) atoms. The number of rotatable bonds is 2. The third-order valence-electron chi connectivity index (χ3n) is 4.81. The lowest BCUT2D eigenvalue weighted by Gasteiger charge is -2.41. The van der Waals surface area contributed by atoms with E-state index in [9.17, 15) is 14.7 Å². The molecule has 0 aromatic carbocycles. The minimum Gasteiger partial charge on any atom is -0.480 e. The summed E-state index contributed by atoms with van der Waals surface area (Å²) in [5, 5.41) is 9.39. The summed E-state index contributed by atoms with van der Waals surface area (Å²) in [6.07, 6.45) is 4.63. The fourth-order valence-electron chi connectivity index (χ4n) is 3.57. The van der Waals surface area contributed by atoms with Crippen molar-refractivity contribution < 1.29 is 14.7 Å². The average molecular weight is 268 g/mol. The third kappa shape index (κ3) is 2.36. The first-order chi connectivity index (χ1) is 8.79. The van der Waals surface area contributed by atoms with Gasteiger partial charge in [0.25, 0.3) is 0 Å². The van der Waals surface area contributed by atoms with E-state index in [-0.39, 0.29) is 5.91 Å². The van der Waals surface area contributed by atoms with E-state index >= 15 is 0 Å². The molecular formula is C14H24N2O3. The maximum atomic E-state index is 12.7. The summed E-state index contributed by atoms with van der Waals surface area (Å²) in [6, 6.07) is 0. The van der Waals surface area contributed by atoms with Gasteiger partial charge in [-0.3, -0.25) is 4.79 Å². The van der Waals surface area contributed by atoms with Crippen molar-refractivity contribution in [1.29, 1.82) is 0 Å². The number of nitrogens with two attached hydrogens (primary N) is 1. The average Bonchev–Trinajstić information content (AvgIpc) is 2.71. The summed E-state index contributed by atoms with van der Waals surface area (Å²) >= 11 is 0. The number of carbonyl (C=O) groups is 2. The van der Waals surface area contributed by atoms with Gasteiger partial charge < -0.3 is 15.7 Å². The summed E-state index contributed by atoms with van der Waals surface area (Å²) in [7, 11) is 0. The molecule has 0 radical (unpaired) electrons. The van der Waals surface area contributed by atoms with Crippen LogP contribution in [0.3, 0.4) is 0 Å². The monoisotopic (exact) mass is 268 g/mol. The molecule has 1 saturated heterocycles. The van der Waals surface area contributed by atoms with Gasteiger partial charge >= 0.3 is 5.97 Å². The van der Waals surface area contributed by atoms with E-state index in [4.69, 9.17) is 5.73 Å². The maximum absolute atomic E-state index is 12.7. The van der Waals surface area contributed by atoms with Crippen LogP contribution < -0.4 is 5.73 Å². The van der Waals surface area contributed by atoms with E-state index < -0.39 is 17.0 Å². The number of likely N-dealkylation sites (tertiary alicyclic amines) is 1. The molecule has 3 atom stereocenters. The third-order valence-corrected chi connectivity index (χ3v) is 4.81. The zero-order chi connectivity index (χ0) is 14.3. The van der Waals surface area contributed by atoms with Crippen molar-refractivity contribution in [1.82, 2.24) is 4.90 Å². The number of hydrogen-bond acceptors (Lipinski definition) is 3. The molecule has 2 aliphatic rings. The Kier molecular flexibility index (Phi) is 3.60. The van der Waals surface area contributed by atoms with Crippen molar-refractivity contribution in [3.63, 3.8) is 0 Å². The SMILES string of the molecule is CC1CCCC(N)(C(=O)N2CCCC2(C)C(=O)O)C1. The van der Waals surface area contributed by atoms with Crippen molar-refractivity contribution >= 4 is 11.9 Å².